The van der Waals surface area contributed by atoms with Crippen LogP contribution in [0.4, 0.5) is 5.69 Å². The van der Waals surface area contributed by atoms with Crippen molar-refractivity contribution < 1.29 is 4.74 Å². The maximum atomic E-state index is 4.97. The van der Waals surface area contributed by atoms with Gasteiger partial charge in [0.25, 0.3) is 0 Å². The van der Waals surface area contributed by atoms with E-state index in [-0.39, 0.29) is 6.04 Å². The van der Waals surface area contributed by atoms with Crippen LogP contribution in [0.2, 0.25) is 0 Å². The Morgan fingerprint density at radius 2 is 2.17 bits per heavy atom. The first-order chi connectivity index (χ1) is 5.83. The molecular formula is C8H13N3O. The Balaban J connectivity index is 2.41. The molecule has 0 bridgehead atoms. The summed E-state index contributed by atoms with van der Waals surface area (Å²) >= 11 is 0. The molecule has 1 aromatic rings. The lowest BCUT2D eigenvalue weighted by Crippen LogP contribution is -2.20. The van der Waals surface area contributed by atoms with Gasteiger partial charge in [0.1, 0.15) is 6.33 Å². The van der Waals surface area contributed by atoms with Crippen molar-refractivity contribution in [2.45, 2.75) is 13.0 Å². The van der Waals surface area contributed by atoms with Crippen molar-refractivity contribution in [3.63, 3.8) is 0 Å². The highest BCUT2D eigenvalue weighted by atomic mass is 16.5. The van der Waals surface area contributed by atoms with Crippen molar-refractivity contribution in [1.82, 2.24) is 9.97 Å². The molecule has 1 rings (SSSR count). The zero-order valence-electron chi connectivity index (χ0n) is 7.32. The molecule has 4 heteroatoms. The van der Waals surface area contributed by atoms with Crippen LogP contribution in [0, 0.1) is 0 Å². The van der Waals surface area contributed by atoms with Gasteiger partial charge in [-0.25, -0.2) is 9.97 Å². The molecule has 1 atom stereocenters. The van der Waals surface area contributed by atoms with Crippen molar-refractivity contribution in [3.05, 3.63) is 18.7 Å². The Bertz CT molecular complexity index is 215. The molecule has 12 heavy (non-hydrogen) atoms. The summed E-state index contributed by atoms with van der Waals surface area (Å²) in [5.74, 6) is 0. The van der Waals surface area contributed by atoms with E-state index in [1.165, 1.54) is 6.33 Å². The molecule has 66 valence electrons. The molecule has 0 aromatic carbocycles. The number of hydrogen-bond donors (Lipinski definition) is 1. The smallest absolute Gasteiger partial charge is 0.115 e. The Labute approximate surface area is 72.0 Å². The molecule has 0 aliphatic rings. The number of nitrogens with one attached hydrogen (secondary N) is 1. The minimum Gasteiger partial charge on any atom is -0.383 e. The zero-order chi connectivity index (χ0) is 8.81. The standard InChI is InChI=1S/C8H13N3O/c1-7(5-12-2)11-8-3-9-6-10-4-8/h3-4,6-7,11H,5H2,1-2H3. The summed E-state index contributed by atoms with van der Waals surface area (Å²) in [5, 5.41) is 3.19. The third-order valence-corrected chi connectivity index (χ3v) is 1.39. The minimum absolute atomic E-state index is 0.279. The van der Waals surface area contributed by atoms with E-state index in [0.717, 1.165) is 5.69 Å². The first kappa shape index (κ1) is 8.93. The van der Waals surface area contributed by atoms with Crippen LogP contribution in [0.25, 0.3) is 0 Å². The SMILES string of the molecule is COCC(C)Nc1cncnc1. The van der Waals surface area contributed by atoms with Gasteiger partial charge in [0.05, 0.1) is 24.7 Å². The molecule has 1 heterocycles. The fraction of sp³-hybridized carbons (Fsp3) is 0.500. The third-order valence-electron chi connectivity index (χ3n) is 1.39. The summed E-state index contributed by atoms with van der Waals surface area (Å²) in [7, 11) is 1.68. The molecule has 0 aliphatic heterocycles. The quantitative estimate of drug-likeness (QED) is 0.724. The molecule has 0 saturated carbocycles. The summed E-state index contributed by atoms with van der Waals surface area (Å²) < 4.78 is 4.97. The molecular weight excluding hydrogens is 154 g/mol. The number of rotatable bonds is 4. The van der Waals surface area contributed by atoms with E-state index in [0.29, 0.717) is 6.61 Å². The lowest BCUT2D eigenvalue weighted by Gasteiger charge is -2.12. The second kappa shape index (κ2) is 4.66. The largest absolute Gasteiger partial charge is 0.383 e. The molecule has 0 amide bonds. The van der Waals surface area contributed by atoms with E-state index in [2.05, 4.69) is 15.3 Å². The van der Waals surface area contributed by atoms with E-state index in [1.54, 1.807) is 19.5 Å². The number of nitrogens with zero attached hydrogens (tertiary/aromatic N) is 2. The van der Waals surface area contributed by atoms with Crippen molar-refractivity contribution in [1.29, 1.82) is 0 Å². The average Bonchev–Trinajstić information content (AvgIpc) is 2.06. The second-order valence-corrected chi connectivity index (χ2v) is 2.63. The van der Waals surface area contributed by atoms with Gasteiger partial charge in [-0.15, -0.1) is 0 Å². The van der Waals surface area contributed by atoms with Crippen molar-refractivity contribution in [2.24, 2.45) is 0 Å². The van der Waals surface area contributed by atoms with E-state index in [1.807, 2.05) is 6.92 Å². The topological polar surface area (TPSA) is 47.0 Å². The number of aromatic nitrogens is 2. The van der Waals surface area contributed by atoms with Crippen LogP contribution < -0.4 is 5.32 Å². The van der Waals surface area contributed by atoms with Crippen molar-refractivity contribution in [3.8, 4) is 0 Å². The van der Waals surface area contributed by atoms with Crippen LogP contribution in [-0.2, 0) is 4.74 Å². The maximum absolute atomic E-state index is 4.97. The predicted molar refractivity (Wildman–Crippen MR) is 47.0 cm³/mol. The molecule has 0 saturated heterocycles. The van der Waals surface area contributed by atoms with Gasteiger partial charge < -0.3 is 10.1 Å². The molecule has 1 unspecified atom stereocenters. The first-order valence-corrected chi connectivity index (χ1v) is 3.83. The highest BCUT2D eigenvalue weighted by Gasteiger charge is 1.99. The van der Waals surface area contributed by atoms with Gasteiger partial charge in [-0.1, -0.05) is 0 Å². The molecule has 0 radical (unpaired) electrons. The molecule has 1 aromatic heterocycles. The monoisotopic (exact) mass is 167 g/mol. The van der Waals surface area contributed by atoms with Crippen LogP contribution >= 0.6 is 0 Å². The van der Waals surface area contributed by atoms with Gasteiger partial charge in [-0.3, -0.25) is 0 Å². The molecule has 0 aliphatic carbocycles. The Morgan fingerprint density at radius 3 is 2.75 bits per heavy atom. The van der Waals surface area contributed by atoms with E-state index >= 15 is 0 Å². The minimum atomic E-state index is 0.279. The van der Waals surface area contributed by atoms with Gasteiger partial charge in [0, 0.05) is 13.2 Å². The summed E-state index contributed by atoms with van der Waals surface area (Å²) in [6.45, 7) is 2.71. The Hall–Kier alpha value is -1.16. The Morgan fingerprint density at radius 1 is 1.50 bits per heavy atom. The van der Waals surface area contributed by atoms with Crippen LogP contribution in [0.5, 0.6) is 0 Å². The van der Waals surface area contributed by atoms with Crippen molar-refractivity contribution in [2.75, 3.05) is 19.0 Å². The highest BCUT2D eigenvalue weighted by Crippen LogP contribution is 2.02. The lowest BCUT2D eigenvalue weighted by atomic mass is 10.3. The number of hydrogen-bond acceptors (Lipinski definition) is 4. The van der Waals surface area contributed by atoms with Crippen molar-refractivity contribution >= 4 is 5.69 Å². The van der Waals surface area contributed by atoms with Crippen LogP contribution in [0.15, 0.2) is 18.7 Å². The fourth-order valence-corrected chi connectivity index (χ4v) is 0.950. The second-order valence-electron chi connectivity index (χ2n) is 2.63. The predicted octanol–water partition coefficient (Wildman–Crippen LogP) is 0.923. The van der Waals surface area contributed by atoms with E-state index < -0.39 is 0 Å². The lowest BCUT2D eigenvalue weighted by molar-refractivity contribution is 0.190. The summed E-state index contributed by atoms with van der Waals surface area (Å²) in [6.07, 6.45) is 4.98. The molecule has 0 spiro atoms. The fourth-order valence-electron chi connectivity index (χ4n) is 0.950. The maximum Gasteiger partial charge on any atom is 0.115 e. The van der Waals surface area contributed by atoms with Gasteiger partial charge >= 0.3 is 0 Å². The van der Waals surface area contributed by atoms with Crippen LogP contribution in [0.1, 0.15) is 6.92 Å². The number of methoxy groups -OCH3 is 1. The normalized spacial score (nSPS) is 12.5. The van der Waals surface area contributed by atoms with E-state index in [9.17, 15) is 0 Å². The summed E-state index contributed by atoms with van der Waals surface area (Å²) in [4.78, 5) is 7.77. The average molecular weight is 167 g/mol. The zero-order valence-corrected chi connectivity index (χ0v) is 7.32. The van der Waals surface area contributed by atoms with Gasteiger partial charge in [0.2, 0.25) is 0 Å². The highest BCUT2D eigenvalue weighted by molar-refractivity contribution is 5.37. The van der Waals surface area contributed by atoms with E-state index in [4.69, 9.17) is 4.74 Å². The molecule has 1 N–H and O–H groups in total. The van der Waals surface area contributed by atoms with Crippen LogP contribution in [0.3, 0.4) is 0 Å². The number of anilines is 1. The van der Waals surface area contributed by atoms with Crippen LogP contribution in [-0.4, -0.2) is 29.7 Å². The van der Waals surface area contributed by atoms with Gasteiger partial charge in [-0.05, 0) is 6.92 Å². The molecule has 0 fully saturated rings. The van der Waals surface area contributed by atoms with Gasteiger partial charge in [-0.2, -0.15) is 0 Å². The molecule has 4 nitrogen and oxygen atoms in total. The summed E-state index contributed by atoms with van der Waals surface area (Å²) in [5.41, 5.74) is 0.919. The first-order valence-electron chi connectivity index (χ1n) is 3.83. The number of ether oxygens (including phenoxy) is 1. The summed E-state index contributed by atoms with van der Waals surface area (Å²) in [6, 6.07) is 0.279. The Kier molecular flexibility index (Phi) is 3.47. The third kappa shape index (κ3) is 2.84. The van der Waals surface area contributed by atoms with Gasteiger partial charge in [0.15, 0.2) is 0 Å².